The maximum Gasteiger partial charge on any atom is 0.266 e. The van der Waals surface area contributed by atoms with Crippen molar-refractivity contribution in [3.8, 4) is 5.75 Å². The van der Waals surface area contributed by atoms with Gasteiger partial charge in [-0.15, -0.1) is 10.2 Å². The van der Waals surface area contributed by atoms with Gasteiger partial charge in [0.2, 0.25) is 5.13 Å². The normalized spacial score (nSPS) is 12.3. The third-order valence-corrected chi connectivity index (χ3v) is 3.97. The van der Waals surface area contributed by atoms with Crippen LogP contribution < -0.4 is 10.1 Å². The largest absolute Gasteiger partial charge is 0.481 e. The summed E-state index contributed by atoms with van der Waals surface area (Å²) in [6, 6.07) is 6.07. The number of hydrogen-bond donors (Lipinski definition) is 1. The number of aromatic nitrogens is 2. The van der Waals surface area contributed by atoms with Crippen LogP contribution in [0.15, 0.2) is 18.2 Å². The molecule has 0 bridgehead atoms. The van der Waals surface area contributed by atoms with Gasteiger partial charge in [0.15, 0.2) is 6.10 Å². The van der Waals surface area contributed by atoms with Crippen LogP contribution in [-0.2, 0) is 4.79 Å². The minimum absolute atomic E-state index is 0.229. The Morgan fingerprint density at radius 1 is 1.23 bits per heavy atom. The van der Waals surface area contributed by atoms with E-state index in [2.05, 4.69) is 35.4 Å². The number of amides is 1. The van der Waals surface area contributed by atoms with Crippen molar-refractivity contribution < 1.29 is 9.53 Å². The van der Waals surface area contributed by atoms with E-state index in [1.165, 1.54) is 11.3 Å². The van der Waals surface area contributed by atoms with E-state index in [-0.39, 0.29) is 5.91 Å². The number of nitrogens with zero attached hydrogens (tertiary/aromatic N) is 2. The first-order valence-corrected chi connectivity index (χ1v) is 8.06. The average molecular weight is 319 g/mol. The lowest BCUT2D eigenvalue weighted by Gasteiger charge is -2.18. The zero-order valence-corrected chi connectivity index (χ0v) is 14.3. The van der Waals surface area contributed by atoms with E-state index in [1.807, 2.05) is 26.0 Å². The van der Waals surface area contributed by atoms with Gasteiger partial charge in [-0.2, -0.15) is 0 Å². The van der Waals surface area contributed by atoms with E-state index in [4.69, 9.17) is 4.74 Å². The highest BCUT2D eigenvalue weighted by molar-refractivity contribution is 7.15. The van der Waals surface area contributed by atoms with Crippen molar-refractivity contribution in [2.45, 2.75) is 46.6 Å². The topological polar surface area (TPSA) is 64.1 Å². The first kappa shape index (κ1) is 16.4. The molecule has 0 saturated carbocycles. The van der Waals surface area contributed by atoms with Gasteiger partial charge in [-0.05, 0) is 43.9 Å². The fourth-order valence-electron chi connectivity index (χ4n) is 2.02. The number of ether oxygens (including phenoxy) is 1. The zero-order chi connectivity index (χ0) is 16.3. The molecule has 1 N–H and O–H groups in total. The fraction of sp³-hybridized carbons (Fsp3) is 0.438. The summed E-state index contributed by atoms with van der Waals surface area (Å²) < 4.78 is 5.87. The van der Waals surface area contributed by atoms with Crippen LogP contribution >= 0.6 is 11.3 Å². The molecule has 0 aliphatic carbocycles. The first-order valence-electron chi connectivity index (χ1n) is 7.25. The molecule has 22 heavy (non-hydrogen) atoms. The predicted molar refractivity (Wildman–Crippen MR) is 88.6 cm³/mol. The van der Waals surface area contributed by atoms with E-state index >= 15 is 0 Å². The number of nitrogens with one attached hydrogen (secondary N) is 1. The summed E-state index contributed by atoms with van der Waals surface area (Å²) in [5.41, 5.74) is 2.20. The SMILES string of the molecule is Cc1ccc(C(C)C)c(OC(C)C(=O)Nc2nnc(C)s2)c1. The third kappa shape index (κ3) is 4.04. The van der Waals surface area contributed by atoms with Gasteiger partial charge < -0.3 is 4.74 Å². The maximum atomic E-state index is 12.2. The molecule has 0 aliphatic rings. The molecular weight excluding hydrogens is 298 g/mol. The van der Waals surface area contributed by atoms with Crippen molar-refractivity contribution in [2.75, 3.05) is 5.32 Å². The number of anilines is 1. The van der Waals surface area contributed by atoms with Crippen molar-refractivity contribution in [3.05, 3.63) is 34.3 Å². The van der Waals surface area contributed by atoms with Gasteiger partial charge in [-0.3, -0.25) is 10.1 Å². The molecule has 0 saturated heterocycles. The second-order valence-electron chi connectivity index (χ2n) is 5.57. The molecule has 2 aromatic rings. The van der Waals surface area contributed by atoms with Gasteiger partial charge in [0.1, 0.15) is 10.8 Å². The molecule has 1 atom stereocenters. The van der Waals surface area contributed by atoms with Crippen LogP contribution in [0.2, 0.25) is 0 Å². The Hall–Kier alpha value is -1.95. The summed E-state index contributed by atoms with van der Waals surface area (Å²) in [6.07, 6.45) is -0.608. The Labute approximate surface area is 134 Å². The lowest BCUT2D eigenvalue weighted by atomic mass is 10.0. The summed E-state index contributed by atoms with van der Waals surface area (Å²) in [5.74, 6) is 0.857. The quantitative estimate of drug-likeness (QED) is 0.913. The van der Waals surface area contributed by atoms with Crippen LogP contribution in [0.25, 0.3) is 0 Å². The Morgan fingerprint density at radius 3 is 2.55 bits per heavy atom. The fourth-order valence-corrected chi connectivity index (χ4v) is 2.61. The van der Waals surface area contributed by atoms with Crippen molar-refractivity contribution >= 4 is 22.4 Å². The average Bonchev–Trinajstić information content (AvgIpc) is 2.83. The molecule has 5 nitrogen and oxygen atoms in total. The summed E-state index contributed by atoms with van der Waals surface area (Å²) >= 11 is 1.34. The molecule has 1 unspecified atom stereocenters. The molecule has 1 aromatic carbocycles. The predicted octanol–water partition coefficient (Wildman–Crippen LogP) is 3.68. The molecule has 0 fully saturated rings. The second-order valence-corrected chi connectivity index (χ2v) is 6.75. The summed E-state index contributed by atoms with van der Waals surface area (Å²) in [4.78, 5) is 12.2. The summed E-state index contributed by atoms with van der Waals surface area (Å²) in [6.45, 7) is 9.79. The number of rotatable bonds is 5. The van der Waals surface area contributed by atoms with Crippen molar-refractivity contribution in [1.82, 2.24) is 10.2 Å². The van der Waals surface area contributed by atoms with E-state index < -0.39 is 6.10 Å². The van der Waals surface area contributed by atoms with Gasteiger partial charge >= 0.3 is 0 Å². The first-order chi connectivity index (χ1) is 10.4. The molecule has 0 radical (unpaired) electrons. The van der Waals surface area contributed by atoms with Crippen LogP contribution in [0.3, 0.4) is 0 Å². The Balaban J connectivity index is 2.09. The number of hydrogen-bond acceptors (Lipinski definition) is 5. The van der Waals surface area contributed by atoms with Gasteiger partial charge in [0, 0.05) is 0 Å². The van der Waals surface area contributed by atoms with Gasteiger partial charge in [0.25, 0.3) is 5.91 Å². The van der Waals surface area contributed by atoms with Gasteiger partial charge in [-0.25, -0.2) is 0 Å². The van der Waals surface area contributed by atoms with Crippen molar-refractivity contribution in [2.24, 2.45) is 0 Å². The minimum atomic E-state index is -0.608. The molecular formula is C16H21N3O2S. The van der Waals surface area contributed by atoms with E-state index in [9.17, 15) is 4.79 Å². The van der Waals surface area contributed by atoms with E-state index in [0.29, 0.717) is 11.0 Å². The lowest BCUT2D eigenvalue weighted by Crippen LogP contribution is -2.30. The van der Waals surface area contributed by atoms with E-state index in [0.717, 1.165) is 21.9 Å². The maximum absolute atomic E-state index is 12.2. The molecule has 1 heterocycles. The Kier molecular flexibility index (Phi) is 5.13. The highest BCUT2D eigenvalue weighted by Gasteiger charge is 2.19. The van der Waals surface area contributed by atoms with Gasteiger partial charge in [0.05, 0.1) is 0 Å². The van der Waals surface area contributed by atoms with Gasteiger partial charge in [-0.1, -0.05) is 37.3 Å². The number of carbonyl (C=O) groups is 1. The highest BCUT2D eigenvalue weighted by atomic mass is 32.1. The minimum Gasteiger partial charge on any atom is -0.481 e. The molecule has 1 amide bonds. The number of benzene rings is 1. The molecule has 1 aromatic heterocycles. The Morgan fingerprint density at radius 2 is 1.95 bits per heavy atom. The van der Waals surface area contributed by atoms with E-state index in [1.54, 1.807) is 6.92 Å². The Bertz CT molecular complexity index is 667. The highest BCUT2D eigenvalue weighted by Crippen LogP contribution is 2.28. The van der Waals surface area contributed by atoms with Crippen molar-refractivity contribution in [3.63, 3.8) is 0 Å². The van der Waals surface area contributed by atoms with Crippen LogP contribution in [0.5, 0.6) is 5.75 Å². The molecule has 6 heteroatoms. The van der Waals surface area contributed by atoms with Crippen LogP contribution in [0.4, 0.5) is 5.13 Å². The molecule has 2 rings (SSSR count). The monoisotopic (exact) mass is 319 g/mol. The molecule has 0 aliphatic heterocycles. The zero-order valence-electron chi connectivity index (χ0n) is 13.5. The van der Waals surface area contributed by atoms with Crippen molar-refractivity contribution in [1.29, 1.82) is 0 Å². The summed E-state index contributed by atoms with van der Waals surface area (Å²) in [5, 5.41) is 11.8. The lowest BCUT2D eigenvalue weighted by molar-refractivity contribution is -0.122. The molecule has 0 spiro atoms. The smallest absolute Gasteiger partial charge is 0.266 e. The van der Waals surface area contributed by atoms with Crippen LogP contribution in [0, 0.1) is 13.8 Å². The molecule has 118 valence electrons. The standard InChI is InChI=1S/C16H21N3O2S/c1-9(2)13-7-6-10(3)8-14(13)21-11(4)15(20)17-16-19-18-12(5)22-16/h6-9,11H,1-5H3,(H,17,19,20). The third-order valence-electron chi connectivity index (χ3n) is 3.22. The van der Waals surface area contributed by atoms with Crippen LogP contribution in [0.1, 0.15) is 42.8 Å². The second kappa shape index (κ2) is 6.87. The number of aryl methyl sites for hydroxylation is 2. The van der Waals surface area contributed by atoms with Crippen LogP contribution in [-0.4, -0.2) is 22.2 Å². The number of carbonyl (C=O) groups excluding carboxylic acids is 1. The summed E-state index contributed by atoms with van der Waals surface area (Å²) in [7, 11) is 0.